The molecule has 0 aromatic rings. The van der Waals surface area contributed by atoms with Crippen LogP contribution in [0.15, 0.2) is 0 Å². The Morgan fingerprint density at radius 3 is 2.52 bits per heavy atom. The minimum atomic E-state index is -0.385. The normalized spacial score (nSPS) is 29.3. The minimum absolute atomic E-state index is 0.220. The summed E-state index contributed by atoms with van der Waals surface area (Å²) in [4.78, 5) is 17.5. The average molecular weight is 380 g/mol. The number of amides is 1. The zero-order chi connectivity index (χ0) is 19.4. The number of rotatable bonds is 7. The number of alkyl carbamates (subject to hydrolysis) is 1. The number of carbonyl (C=O) groups excluding carboxylic acids is 1. The maximum Gasteiger partial charge on any atom is 0.407 e. The van der Waals surface area contributed by atoms with Crippen molar-refractivity contribution in [2.45, 2.75) is 89.8 Å². The standard InChI is InChI=1S/C22H41N3O2/c1-17(14-18-8-9-18)16-22(2,3)27-21(26)23-19-6-5-7-20(15-19)25-12-10-24(4)11-13-25/h17-20H,5-16H2,1-4H3,(H,23,26). The molecule has 3 aliphatic rings. The summed E-state index contributed by atoms with van der Waals surface area (Å²) in [5, 5.41) is 3.18. The van der Waals surface area contributed by atoms with E-state index in [4.69, 9.17) is 4.74 Å². The van der Waals surface area contributed by atoms with Gasteiger partial charge in [-0.2, -0.15) is 0 Å². The van der Waals surface area contributed by atoms with Crippen molar-refractivity contribution >= 4 is 6.09 Å². The van der Waals surface area contributed by atoms with Crippen LogP contribution in [0.1, 0.15) is 72.1 Å². The lowest BCUT2D eigenvalue weighted by Crippen LogP contribution is -2.52. The Morgan fingerprint density at radius 1 is 1.15 bits per heavy atom. The van der Waals surface area contributed by atoms with Gasteiger partial charge in [0.25, 0.3) is 0 Å². The fourth-order valence-corrected chi connectivity index (χ4v) is 5.15. The maximum absolute atomic E-state index is 12.5. The van der Waals surface area contributed by atoms with Gasteiger partial charge in [-0.05, 0) is 71.3 Å². The van der Waals surface area contributed by atoms with Gasteiger partial charge in [0.05, 0.1) is 0 Å². The third kappa shape index (κ3) is 6.94. The molecule has 0 radical (unpaired) electrons. The summed E-state index contributed by atoms with van der Waals surface area (Å²) >= 11 is 0. The van der Waals surface area contributed by atoms with Gasteiger partial charge in [-0.1, -0.05) is 19.8 Å². The van der Waals surface area contributed by atoms with E-state index in [2.05, 4.69) is 42.9 Å². The molecule has 0 aromatic heterocycles. The lowest BCUT2D eigenvalue weighted by Gasteiger charge is -2.41. The quantitative estimate of drug-likeness (QED) is 0.729. The minimum Gasteiger partial charge on any atom is -0.444 e. The second-order valence-corrected chi connectivity index (χ2v) is 10.1. The SMILES string of the molecule is CC(CC1CC1)CC(C)(C)OC(=O)NC1CCCC(N2CCN(C)CC2)C1. The Kier molecular flexibility index (Phi) is 7.07. The van der Waals surface area contributed by atoms with Crippen LogP contribution < -0.4 is 5.32 Å². The molecule has 27 heavy (non-hydrogen) atoms. The summed E-state index contributed by atoms with van der Waals surface area (Å²) in [6, 6.07) is 0.875. The van der Waals surface area contributed by atoms with Gasteiger partial charge in [-0.3, -0.25) is 4.90 Å². The Bertz CT molecular complexity index is 484. The van der Waals surface area contributed by atoms with Crippen LogP contribution in [0, 0.1) is 11.8 Å². The van der Waals surface area contributed by atoms with E-state index < -0.39 is 0 Å². The largest absolute Gasteiger partial charge is 0.444 e. The summed E-state index contributed by atoms with van der Waals surface area (Å²) in [6.07, 6.45) is 9.41. The smallest absolute Gasteiger partial charge is 0.407 e. The van der Waals surface area contributed by atoms with Crippen molar-refractivity contribution in [2.24, 2.45) is 11.8 Å². The molecule has 0 aromatic carbocycles. The molecule has 3 atom stereocenters. The predicted octanol–water partition coefficient (Wildman–Crippen LogP) is 3.88. The van der Waals surface area contributed by atoms with Gasteiger partial charge in [-0.25, -0.2) is 4.79 Å². The van der Waals surface area contributed by atoms with Gasteiger partial charge in [0.15, 0.2) is 0 Å². The summed E-state index contributed by atoms with van der Waals surface area (Å²) in [7, 11) is 2.20. The van der Waals surface area contributed by atoms with Crippen LogP contribution >= 0.6 is 0 Å². The number of likely N-dealkylation sites (N-methyl/N-ethyl adjacent to an activating group) is 1. The molecule has 0 bridgehead atoms. The van der Waals surface area contributed by atoms with Crippen LogP contribution in [0.3, 0.4) is 0 Å². The average Bonchev–Trinajstić information content (AvgIpc) is 3.38. The number of carbonyl (C=O) groups is 1. The van der Waals surface area contributed by atoms with Crippen molar-refractivity contribution in [3.63, 3.8) is 0 Å². The monoisotopic (exact) mass is 379 g/mol. The van der Waals surface area contributed by atoms with Gasteiger partial charge in [0, 0.05) is 38.3 Å². The molecule has 5 heteroatoms. The van der Waals surface area contributed by atoms with Crippen molar-refractivity contribution in [3.8, 4) is 0 Å². The molecule has 0 spiro atoms. The molecule has 2 saturated carbocycles. The zero-order valence-corrected chi connectivity index (χ0v) is 18.0. The van der Waals surface area contributed by atoms with E-state index in [0.29, 0.717) is 12.0 Å². The van der Waals surface area contributed by atoms with Crippen LogP contribution in [0.5, 0.6) is 0 Å². The van der Waals surface area contributed by atoms with Gasteiger partial charge in [0.2, 0.25) is 0 Å². The van der Waals surface area contributed by atoms with E-state index in [9.17, 15) is 4.79 Å². The Hall–Kier alpha value is -0.810. The number of nitrogens with one attached hydrogen (secondary N) is 1. The molecular weight excluding hydrogens is 338 g/mol. The highest BCUT2D eigenvalue weighted by molar-refractivity contribution is 5.68. The summed E-state index contributed by atoms with van der Waals surface area (Å²) < 4.78 is 5.84. The van der Waals surface area contributed by atoms with E-state index in [1.54, 1.807) is 0 Å². The lowest BCUT2D eigenvalue weighted by molar-refractivity contribution is 0.0166. The molecule has 3 unspecified atom stereocenters. The number of nitrogens with zero attached hydrogens (tertiary/aromatic N) is 2. The molecule has 5 nitrogen and oxygen atoms in total. The van der Waals surface area contributed by atoms with Gasteiger partial charge in [0.1, 0.15) is 5.60 Å². The first kappa shape index (κ1) is 20.9. The molecular formula is C22H41N3O2. The molecule has 3 rings (SSSR count). The first-order chi connectivity index (χ1) is 12.8. The second-order valence-electron chi connectivity index (χ2n) is 10.1. The Balaban J connectivity index is 1.41. The van der Waals surface area contributed by atoms with Crippen LogP contribution in [-0.2, 0) is 4.74 Å². The predicted molar refractivity (Wildman–Crippen MR) is 110 cm³/mol. The van der Waals surface area contributed by atoms with E-state index in [-0.39, 0.29) is 17.7 Å². The Labute approximate surface area is 166 Å². The van der Waals surface area contributed by atoms with Gasteiger partial charge in [-0.15, -0.1) is 0 Å². The van der Waals surface area contributed by atoms with E-state index >= 15 is 0 Å². The topological polar surface area (TPSA) is 44.8 Å². The van der Waals surface area contributed by atoms with Crippen LogP contribution in [0.4, 0.5) is 4.79 Å². The zero-order valence-electron chi connectivity index (χ0n) is 18.0. The molecule has 1 N–H and O–H groups in total. The van der Waals surface area contributed by atoms with Crippen molar-refractivity contribution in [2.75, 3.05) is 33.2 Å². The van der Waals surface area contributed by atoms with Crippen molar-refractivity contribution in [1.82, 2.24) is 15.1 Å². The second kappa shape index (κ2) is 9.13. The highest BCUT2D eigenvalue weighted by Crippen LogP contribution is 2.37. The van der Waals surface area contributed by atoms with Crippen LogP contribution in [0.25, 0.3) is 0 Å². The number of hydrogen-bond donors (Lipinski definition) is 1. The molecule has 156 valence electrons. The third-order valence-electron chi connectivity index (χ3n) is 6.66. The molecule has 1 saturated heterocycles. The number of piperazine rings is 1. The summed E-state index contributed by atoms with van der Waals surface area (Å²) in [5.41, 5.74) is -0.385. The highest BCUT2D eigenvalue weighted by atomic mass is 16.6. The lowest BCUT2D eigenvalue weighted by atomic mass is 9.89. The molecule has 1 heterocycles. The number of hydrogen-bond acceptors (Lipinski definition) is 4. The summed E-state index contributed by atoms with van der Waals surface area (Å²) in [6.45, 7) is 11.0. The van der Waals surface area contributed by atoms with Crippen molar-refractivity contribution in [1.29, 1.82) is 0 Å². The van der Waals surface area contributed by atoms with Gasteiger partial charge >= 0.3 is 6.09 Å². The van der Waals surface area contributed by atoms with E-state index in [0.717, 1.165) is 51.4 Å². The highest BCUT2D eigenvalue weighted by Gasteiger charge is 2.32. The summed E-state index contributed by atoms with van der Waals surface area (Å²) in [5.74, 6) is 1.55. The third-order valence-corrected chi connectivity index (χ3v) is 6.66. The van der Waals surface area contributed by atoms with E-state index in [1.165, 1.54) is 32.1 Å². The fourth-order valence-electron chi connectivity index (χ4n) is 5.15. The van der Waals surface area contributed by atoms with Crippen molar-refractivity contribution < 1.29 is 9.53 Å². The van der Waals surface area contributed by atoms with Crippen LogP contribution in [-0.4, -0.2) is 66.8 Å². The molecule has 3 fully saturated rings. The fraction of sp³-hybridized carbons (Fsp3) is 0.955. The first-order valence-electron chi connectivity index (χ1n) is 11.2. The Morgan fingerprint density at radius 2 is 1.85 bits per heavy atom. The first-order valence-corrected chi connectivity index (χ1v) is 11.2. The van der Waals surface area contributed by atoms with E-state index in [1.807, 2.05) is 0 Å². The number of ether oxygens (including phenoxy) is 1. The van der Waals surface area contributed by atoms with Crippen LogP contribution in [0.2, 0.25) is 0 Å². The molecule has 1 amide bonds. The maximum atomic E-state index is 12.5. The molecule has 1 aliphatic heterocycles. The molecule has 2 aliphatic carbocycles. The van der Waals surface area contributed by atoms with Crippen molar-refractivity contribution in [3.05, 3.63) is 0 Å². The van der Waals surface area contributed by atoms with Gasteiger partial charge < -0.3 is 15.0 Å².